The summed E-state index contributed by atoms with van der Waals surface area (Å²) in [5, 5.41) is 0. The fourth-order valence-corrected chi connectivity index (χ4v) is 1.83. The summed E-state index contributed by atoms with van der Waals surface area (Å²) >= 11 is 3.39. The van der Waals surface area contributed by atoms with Crippen molar-refractivity contribution in [2.24, 2.45) is 0 Å². The maximum Gasteiger partial charge on any atom is 0.128 e. The standard InChI is InChI=1S/C13H14BrN3/c1-2-17(10-12-5-3-4-8-15-12)13-7-6-11(14)9-16-13/h3-9H,2,10H2,1H3. The molecule has 0 aliphatic rings. The Morgan fingerprint density at radius 3 is 2.65 bits per heavy atom. The second-order valence-corrected chi connectivity index (χ2v) is 4.59. The van der Waals surface area contributed by atoms with Crippen LogP contribution in [0, 0.1) is 0 Å². The average molecular weight is 292 g/mol. The molecule has 0 amide bonds. The van der Waals surface area contributed by atoms with Crippen LogP contribution in [0.3, 0.4) is 0 Å². The van der Waals surface area contributed by atoms with Crippen LogP contribution in [0.5, 0.6) is 0 Å². The molecule has 3 nitrogen and oxygen atoms in total. The lowest BCUT2D eigenvalue weighted by Crippen LogP contribution is -2.23. The average Bonchev–Trinajstić information content (AvgIpc) is 2.38. The van der Waals surface area contributed by atoms with E-state index in [2.05, 4.69) is 37.7 Å². The van der Waals surface area contributed by atoms with Crippen molar-refractivity contribution < 1.29 is 0 Å². The van der Waals surface area contributed by atoms with Gasteiger partial charge in [0.25, 0.3) is 0 Å². The highest BCUT2D eigenvalue weighted by Crippen LogP contribution is 2.16. The fraction of sp³-hybridized carbons (Fsp3) is 0.231. The minimum absolute atomic E-state index is 0.784. The summed E-state index contributed by atoms with van der Waals surface area (Å²) in [7, 11) is 0. The second-order valence-electron chi connectivity index (χ2n) is 3.67. The van der Waals surface area contributed by atoms with E-state index in [1.165, 1.54) is 0 Å². The molecule has 2 aromatic rings. The number of nitrogens with zero attached hydrogens (tertiary/aromatic N) is 3. The van der Waals surface area contributed by atoms with E-state index in [4.69, 9.17) is 0 Å². The van der Waals surface area contributed by atoms with Gasteiger partial charge in [0.1, 0.15) is 5.82 Å². The second kappa shape index (κ2) is 5.77. The van der Waals surface area contributed by atoms with E-state index >= 15 is 0 Å². The summed E-state index contributed by atoms with van der Waals surface area (Å²) in [6.07, 6.45) is 3.63. The van der Waals surface area contributed by atoms with Crippen molar-refractivity contribution >= 4 is 21.7 Å². The first-order valence-electron chi connectivity index (χ1n) is 5.56. The Bertz CT molecular complexity index is 456. The van der Waals surface area contributed by atoms with E-state index in [1.54, 1.807) is 0 Å². The first-order chi connectivity index (χ1) is 8.29. The molecule has 0 radical (unpaired) electrons. The van der Waals surface area contributed by atoms with Crippen LogP contribution in [0.1, 0.15) is 12.6 Å². The Morgan fingerprint density at radius 1 is 1.18 bits per heavy atom. The molecule has 2 heterocycles. The Balaban J connectivity index is 2.14. The highest BCUT2D eigenvalue weighted by molar-refractivity contribution is 9.10. The summed E-state index contributed by atoms with van der Waals surface area (Å²) < 4.78 is 0.995. The van der Waals surface area contributed by atoms with Crippen LogP contribution in [0.2, 0.25) is 0 Å². The van der Waals surface area contributed by atoms with E-state index in [9.17, 15) is 0 Å². The number of hydrogen-bond acceptors (Lipinski definition) is 3. The van der Waals surface area contributed by atoms with Gasteiger partial charge in [-0.25, -0.2) is 4.98 Å². The number of anilines is 1. The van der Waals surface area contributed by atoms with Gasteiger partial charge < -0.3 is 4.90 Å². The summed E-state index contributed by atoms with van der Waals surface area (Å²) in [6, 6.07) is 9.98. The summed E-state index contributed by atoms with van der Waals surface area (Å²) in [5.74, 6) is 0.973. The number of aromatic nitrogens is 2. The molecule has 0 aliphatic carbocycles. The lowest BCUT2D eigenvalue weighted by Gasteiger charge is -2.21. The molecule has 0 atom stereocenters. The van der Waals surface area contributed by atoms with Crippen LogP contribution >= 0.6 is 15.9 Å². The largest absolute Gasteiger partial charge is 0.351 e. The van der Waals surface area contributed by atoms with Crippen molar-refractivity contribution in [3.05, 3.63) is 52.9 Å². The first kappa shape index (κ1) is 12.0. The van der Waals surface area contributed by atoms with Crippen molar-refractivity contribution in [3.63, 3.8) is 0 Å². The maximum atomic E-state index is 4.40. The molecule has 17 heavy (non-hydrogen) atoms. The van der Waals surface area contributed by atoms with Crippen molar-refractivity contribution in [3.8, 4) is 0 Å². The van der Waals surface area contributed by atoms with Crippen LogP contribution in [-0.2, 0) is 6.54 Å². The summed E-state index contributed by atoms with van der Waals surface area (Å²) in [6.45, 7) is 3.81. The summed E-state index contributed by atoms with van der Waals surface area (Å²) in [4.78, 5) is 10.9. The van der Waals surface area contributed by atoms with Gasteiger partial charge in [0, 0.05) is 23.4 Å². The Labute approximate surface area is 110 Å². The molecule has 0 saturated heterocycles. The van der Waals surface area contributed by atoms with Gasteiger partial charge in [0.15, 0.2) is 0 Å². The van der Waals surface area contributed by atoms with Gasteiger partial charge in [0.05, 0.1) is 12.2 Å². The zero-order chi connectivity index (χ0) is 12.1. The third kappa shape index (κ3) is 3.27. The van der Waals surface area contributed by atoms with Crippen LogP contribution in [0.25, 0.3) is 0 Å². The van der Waals surface area contributed by atoms with Gasteiger partial charge in [0.2, 0.25) is 0 Å². The number of pyridine rings is 2. The van der Waals surface area contributed by atoms with E-state index in [0.717, 1.165) is 29.1 Å². The lowest BCUT2D eigenvalue weighted by atomic mass is 10.3. The molecular formula is C13H14BrN3. The SMILES string of the molecule is CCN(Cc1ccccn1)c1ccc(Br)cn1. The highest BCUT2D eigenvalue weighted by atomic mass is 79.9. The van der Waals surface area contributed by atoms with E-state index in [1.807, 2.05) is 42.7 Å². The van der Waals surface area contributed by atoms with Crippen molar-refractivity contribution in [1.29, 1.82) is 0 Å². The van der Waals surface area contributed by atoms with E-state index in [-0.39, 0.29) is 0 Å². The zero-order valence-electron chi connectivity index (χ0n) is 9.68. The minimum atomic E-state index is 0.784. The Kier molecular flexibility index (Phi) is 4.09. The molecule has 0 bridgehead atoms. The van der Waals surface area contributed by atoms with Gasteiger partial charge >= 0.3 is 0 Å². The minimum Gasteiger partial charge on any atom is -0.351 e. The molecule has 0 spiro atoms. The smallest absolute Gasteiger partial charge is 0.128 e. The molecule has 0 saturated carbocycles. The van der Waals surface area contributed by atoms with Crippen LogP contribution in [0.4, 0.5) is 5.82 Å². The molecule has 88 valence electrons. The highest BCUT2D eigenvalue weighted by Gasteiger charge is 2.06. The molecule has 0 N–H and O–H groups in total. The van der Waals surface area contributed by atoms with Gasteiger partial charge in [-0.15, -0.1) is 0 Å². The third-order valence-corrected chi connectivity index (χ3v) is 2.97. The summed E-state index contributed by atoms with van der Waals surface area (Å²) in [5.41, 5.74) is 1.05. The zero-order valence-corrected chi connectivity index (χ0v) is 11.3. The Morgan fingerprint density at radius 2 is 2.06 bits per heavy atom. The molecule has 0 aromatic carbocycles. The van der Waals surface area contributed by atoms with E-state index in [0.29, 0.717) is 0 Å². The normalized spacial score (nSPS) is 10.2. The van der Waals surface area contributed by atoms with Crippen LogP contribution < -0.4 is 4.90 Å². The molecular weight excluding hydrogens is 278 g/mol. The molecule has 0 unspecified atom stereocenters. The predicted octanol–water partition coefficient (Wildman–Crippen LogP) is 3.27. The molecule has 4 heteroatoms. The van der Waals surface area contributed by atoms with Gasteiger partial charge in [-0.2, -0.15) is 0 Å². The van der Waals surface area contributed by atoms with Crippen LogP contribution in [0.15, 0.2) is 47.2 Å². The van der Waals surface area contributed by atoms with Gasteiger partial charge in [-0.3, -0.25) is 4.98 Å². The number of halogens is 1. The van der Waals surface area contributed by atoms with Crippen LogP contribution in [-0.4, -0.2) is 16.5 Å². The number of rotatable bonds is 4. The van der Waals surface area contributed by atoms with Crippen molar-refractivity contribution in [2.45, 2.75) is 13.5 Å². The predicted molar refractivity (Wildman–Crippen MR) is 72.9 cm³/mol. The third-order valence-electron chi connectivity index (χ3n) is 2.50. The van der Waals surface area contributed by atoms with Crippen molar-refractivity contribution in [2.75, 3.05) is 11.4 Å². The van der Waals surface area contributed by atoms with Crippen molar-refractivity contribution in [1.82, 2.24) is 9.97 Å². The molecule has 0 aliphatic heterocycles. The topological polar surface area (TPSA) is 29.0 Å². The number of hydrogen-bond donors (Lipinski definition) is 0. The van der Waals surface area contributed by atoms with Gasteiger partial charge in [-0.1, -0.05) is 6.07 Å². The van der Waals surface area contributed by atoms with Gasteiger partial charge in [-0.05, 0) is 47.1 Å². The molecule has 2 aromatic heterocycles. The maximum absolute atomic E-state index is 4.40. The monoisotopic (exact) mass is 291 g/mol. The first-order valence-corrected chi connectivity index (χ1v) is 6.35. The lowest BCUT2D eigenvalue weighted by molar-refractivity contribution is 0.794. The molecule has 2 rings (SSSR count). The fourth-order valence-electron chi connectivity index (χ4n) is 1.60. The quantitative estimate of drug-likeness (QED) is 0.866. The Hall–Kier alpha value is -1.42. The molecule has 0 fully saturated rings. The van der Waals surface area contributed by atoms with E-state index < -0.39 is 0 Å².